The summed E-state index contributed by atoms with van der Waals surface area (Å²) in [6.45, 7) is 1.87. The second-order valence-electron chi connectivity index (χ2n) is 6.06. The van der Waals surface area contributed by atoms with E-state index in [-0.39, 0.29) is 29.6 Å². The van der Waals surface area contributed by atoms with E-state index < -0.39 is 10.8 Å². The topological polar surface area (TPSA) is 92.6 Å². The molecule has 2 aromatic carbocycles. The lowest BCUT2D eigenvalue weighted by atomic mass is 10.1. The van der Waals surface area contributed by atoms with Crippen LogP contribution in [-0.2, 0) is 4.79 Å². The summed E-state index contributed by atoms with van der Waals surface area (Å²) >= 11 is 5.86. The third-order valence-electron chi connectivity index (χ3n) is 4.35. The number of rotatable bonds is 4. The lowest BCUT2D eigenvalue weighted by Crippen LogP contribution is -2.37. The van der Waals surface area contributed by atoms with Gasteiger partial charge in [-0.3, -0.25) is 19.7 Å². The molecule has 1 aliphatic heterocycles. The molecule has 7 nitrogen and oxygen atoms in total. The predicted molar refractivity (Wildman–Crippen MR) is 97.5 cm³/mol. The first kappa shape index (κ1) is 17.9. The summed E-state index contributed by atoms with van der Waals surface area (Å²) in [7, 11) is 0. The molecule has 1 fully saturated rings. The smallest absolute Gasteiger partial charge is 0.273 e. The average Bonchev–Trinajstić information content (AvgIpc) is 2.95. The molecule has 1 N–H and O–H groups in total. The molecule has 134 valence electrons. The highest BCUT2D eigenvalue weighted by Gasteiger charge is 2.32. The van der Waals surface area contributed by atoms with Crippen molar-refractivity contribution < 1.29 is 14.5 Å². The van der Waals surface area contributed by atoms with E-state index >= 15 is 0 Å². The van der Waals surface area contributed by atoms with Gasteiger partial charge in [0.15, 0.2) is 0 Å². The second-order valence-corrected chi connectivity index (χ2v) is 6.50. The molecular formula is C18H16ClN3O4. The van der Waals surface area contributed by atoms with Gasteiger partial charge in [0.2, 0.25) is 5.91 Å². The van der Waals surface area contributed by atoms with Crippen molar-refractivity contribution in [2.24, 2.45) is 0 Å². The molecule has 8 heteroatoms. The Morgan fingerprint density at radius 1 is 1.27 bits per heavy atom. The Bertz CT molecular complexity index is 883. The first-order chi connectivity index (χ1) is 12.4. The molecule has 26 heavy (non-hydrogen) atoms. The minimum Gasteiger partial charge on any atom is -0.347 e. The van der Waals surface area contributed by atoms with E-state index in [9.17, 15) is 19.7 Å². The van der Waals surface area contributed by atoms with Gasteiger partial charge in [0.1, 0.15) is 0 Å². The van der Waals surface area contributed by atoms with Crippen LogP contribution in [0, 0.1) is 17.0 Å². The van der Waals surface area contributed by atoms with E-state index in [0.29, 0.717) is 22.8 Å². The summed E-state index contributed by atoms with van der Waals surface area (Å²) in [6, 6.07) is 10.9. The molecule has 0 aliphatic carbocycles. The average molecular weight is 374 g/mol. The molecule has 1 heterocycles. The van der Waals surface area contributed by atoms with Crippen LogP contribution in [0.1, 0.15) is 22.3 Å². The lowest BCUT2D eigenvalue weighted by Gasteiger charge is -2.17. The molecule has 1 atom stereocenters. The SMILES string of the molecule is Cc1c(C(=O)N[C@H]2CC(=O)N(c3ccc(Cl)cc3)C2)cccc1[N+](=O)[O-]. The number of benzene rings is 2. The summed E-state index contributed by atoms with van der Waals surface area (Å²) in [5.74, 6) is -0.532. The summed E-state index contributed by atoms with van der Waals surface area (Å²) in [5.41, 5.74) is 1.14. The highest BCUT2D eigenvalue weighted by Crippen LogP contribution is 2.25. The first-order valence-corrected chi connectivity index (χ1v) is 8.35. The van der Waals surface area contributed by atoms with E-state index in [1.165, 1.54) is 25.1 Å². The third kappa shape index (κ3) is 3.52. The number of hydrogen-bond acceptors (Lipinski definition) is 4. The molecule has 0 bridgehead atoms. The Kier molecular flexibility index (Phi) is 4.90. The van der Waals surface area contributed by atoms with Gasteiger partial charge in [-0.05, 0) is 37.3 Å². The molecular weight excluding hydrogens is 358 g/mol. The Morgan fingerprint density at radius 2 is 1.96 bits per heavy atom. The fourth-order valence-corrected chi connectivity index (χ4v) is 3.13. The van der Waals surface area contributed by atoms with E-state index in [1.54, 1.807) is 29.2 Å². The minimum absolute atomic E-state index is 0.103. The van der Waals surface area contributed by atoms with Crippen molar-refractivity contribution in [1.82, 2.24) is 5.32 Å². The standard InChI is InChI=1S/C18H16ClN3O4/c1-11-15(3-2-4-16(11)22(25)26)18(24)20-13-9-17(23)21(10-13)14-7-5-12(19)6-8-14/h2-8,13H,9-10H2,1H3,(H,20,24)/t13-/m0/s1. The van der Waals surface area contributed by atoms with E-state index in [1.807, 2.05) is 0 Å². The predicted octanol–water partition coefficient (Wildman–Crippen LogP) is 3.09. The summed E-state index contributed by atoms with van der Waals surface area (Å²) < 4.78 is 0. The van der Waals surface area contributed by atoms with Crippen molar-refractivity contribution in [2.45, 2.75) is 19.4 Å². The summed E-state index contributed by atoms with van der Waals surface area (Å²) in [5, 5.41) is 14.4. The quantitative estimate of drug-likeness (QED) is 0.658. The molecule has 0 radical (unpaired) electrons. The van der Waals surface area contributed by atoms with E-state index in [0.717, 1.165) is 0 Å². The Hall–Kier alpha value is -2.93. The van der Waals surface area contributed by atoms with Crippen LogP contribution in [0.15, 0.2) is 42.5 Å². The fraction of sp³-hybridized carbons (Fsp3) is 0.222. The van der Waals surface area contributed by atoms with Crippen molar-refractivity contribution in [2.75, 3.05) is 11.4 Å². The third-order valence-corrected chi connectivity index (χ3v) is 4.60. The van der Waals surface area contributed by atoms with Crippen LogP contribution in [0.5, 0.6) is 0 Å². The number of nitro benzene ring substituents is 1. The lowest BCUT2D eigenvalue weighted by molar-refractivity contribution is -0.385. The van der Waals surface area contributed by atoms with Crippen molar-refractivity contribution in [3.05, 3.63) is 68.7 Å². The molecule has 2 aromatic rings. The van der Waals surface area contributed by atoms with Gasteiger partial charge in [-0.15, -0.1) is 0 Å². The molecule has 1 aliphatic rings. The van der Waals surface area contributed by atoms with Gasteiger partial charge in [0.25, 0.3) is 11.6 Å². The van der Waals surface area contributed by atoms with Crippen LogP contribution in [0.25, 0.3) is 0 Å². The van der Waals surface area contributed by atoms with Gasteiger partial charge in [-0.2, -0.15) is 0 Å². The van der Waals surface area contributed by atoms with Gasteiger partial charge in [-0.1, -0.05) is 17.7 Å². The molecule has 0 aromatic heterocycles. The largest absolute Gasteiger partial charge is 0.347 e. The fourth-order valence-electron chi connectivity index (χ4n) is 3.01. The van der Waals surface area contributed by atoms with Crippen molar-refractivity contribution in [3.8, 4) is 0 Å². The molecule has 0 saturated carbocycles. The first-order valence-electron chi connectivity index (χ1n) is 7.97. The molecule has 1 saturated heterocycles. The van der Waals surface area contributed by atoms with E-state index in [4.69, 9.17) is 11.6 Å². The van der Waals surface area contributed by atoms with Crippen LogP contribution < -0.4 is 10.2 Å². The van der Waals surface area contributed by atoms with Gasteiger partial charge in [-0.25, -0.2) is 0 Å². The maximum absolute atomic E-state index is 12.5. The van der Waals surface area contributed by atoms with Crippen LogP contribution in [-0.4, -0.2) is 29.3 Å². The number of carbonyl (C=O) groups excluding carboxylic acids is 2. The Labute approximate surface area is 154 Å². The number of carbonyl (C=O) groups is 2. The number of halogens is 1. The monoisotopic (exact) mass is 373 g/mol. The number of nitro groups is 1. The number of anilines is 1. The van der Waals surface area contributed by atoms with Gasteiger partial charge in [0.05, 0.1) is 11.0 Å². The van der Waals surface area contributed by atoms with E-state index in [2.05, 4.69) is 5.32 Å². The molecule has 3 rings (SSSR count). The Balaban J connectivity index is 1.73. The highest BCUT2D eigenvalue weighted by molar-refractivity contribution is 6.30. The number of nitrogens with zero attached hydrogens (tertiary/aromatic N) is 2. The van der Waals surface area contributed by atoms with Crippen LogP contribution in [0.4, 0.5) is 11.4 Å². The van der Waals surface area contributed by atoms with Crippen molar-refractivity contribution in [3.63, 3.8) is 0 Å². The van der Waals surface area contributed by atoms with Gasteiger partial charge < -0.3 is 10.2 Å². The van der Waals surface area contributed by atoms with Crippen LogP contribution in [0.2, 0.25) is 5.02 Å². The van der Waals surface area contributed by atoms with Crippen molar-refractivity contribution >= 4 is 34.8 Å². The summed E-state index contributed by atoms with van der Waals surface area (Å²) in [4.78, 5) is 36.8. The van der Waals surface area contributed by atoms with Crippen LogP contribution >= 0.6 is 11.6 Å². The maximum atomic E-state index is 12.5. The second kappa shape index (κ2) is 7.13. The van der Waals surface area contributed by atoms with Gasteiger partial charge >= 0.3 is 0 Å². The minimum atomic E-state index is -0.520. The number of amides is 2. The van der Waals surface area contributed by atoms with Gasteiger partial charge in [0, 0.05) is 40.9 Å². The molecule has 2 amide bonds. The molecule has 0 unspecified atom stereocenters. The normalized spacial score (nSPS) is 16.6. The molecule has 0 spiro atoms. The van der Waals surface area contributed by atoms with Crippen molar-refractivity contribution in [1.29, 1.82) is 0 Å². The zero-order valence-corrected chi connectivity index (χ0v) is 14.7. The zero-order valence-electron chi connectivity index (χ0n) is 13.9. The zero-order chi connectivity index (χ0) is 18.8. The summed E-state index contributed by atoms with van der Waals surface area (Å²) in [6.07, 6.45) is 0.169. The highest BCUT2D eigenvalue weighted by atomic mass is 35.5. The number of hydrogen-bond donors (Lipinski definition) is 1. The Morgan fingerprint density at radius 3 is 2.62 bits per heavy atom. The van der Waals surface area contributed by atoms with Crippen LogP contribution in [0.3, 0.4) is 0 Å². The number of nitrogens with one attached hydrogen (secondary N) is 1. The maximum Gasteiger partial charge on any atom is 0.273 e.